The van der Waals surface area contributed by atoms with Crippen molar-refractivity contribution in [1.82, 2.24) is 5.32 Å². The van der Waals surface area contributed by atoms with Crippen LogP contribution >= 0.6 is 0 Å². The first-order valence-electron chi connectivity index (χ1n) is 8.06. The minimum Gasteiger partial charge on any atom is -0.314 e. The zero-order chi connectivity index (χ0) is 12.1. The van der Waals surface area contributed by atoms with E-state index in [0.717, 1.165) is 30.3 Å². The molecular weight excluding hydrogens is 206 g/mol. The van der Waals surface area contributed by atoms with E-state index in [4.69, 9.17) is 0 Å². The van der Waals surface area contributed by atoms with E-state index in [1.54, 1.807) is 0 Å². The normalized spacial score (nSPS) is 33.5. The van der Waals surface area contributed by atoms with Gasteiger partial charge < -0.3 is 5.32 Å². The van der Waals surface area contributed by atoms with Gasteiger partial charge in [-0.3, -0.25) is 0 Å². The van der Waals surface area contributed by atoms with Gasteiger partial charge in [-0.25, -0.2) is 0 Å². The summed E-state index contributed by atoms with van der Waals surface area (Å²) in [6.07, 6.45) is 13.3. The lowest BCUT2D eigenvalue weighted by molar-refractivity contribution is 0.207. The highest BCUT2D eigenvalue weighted by Gasteiger charge is 2.34. The number of rotatable bonds is 4. The molecule has 0 saturated heterocycles. The van der Waals surface area contributed by atoms with Crippen LogP contribution in [0.1, 0.15) is 71.6 Å². The van der Waals surface area contributed by atoms with Crippen LogP contribution in [0.5, 0.6) is 0 Å². The summed E-state index contributed by atoms with van der Waals surface area (Å²) in [5, 5.41) is 3.85. The molecule has 1 heteroatoms. The average molecular weight is 237 g/mol. The second-order valence-electron chi connectivity index (χ2n) is 6.41. The Kier molecular flexibility index (Phi) is 5.34. The third-order valence-corrected chi connectivity index (χ3v) is 5.24. The fourth-order valence-corrected chi connectivity index (χ4v) is 4.28. The maximum atomic E-state index is 3.85. The van der Waals surface area contributed by atoms with Crippen molar-refractivity contribution in [3.63, 3.8) is 0 Å². The molecule has 1 nitrogen and oxygen atoms in total. The summed E-state index contributed by atoms with van der Waals surface area (Å²) in [6.45, 7) is 5.92. The molecule has 3 atom stereocenters. The molecule has 0 aliphatic heterocycles. The fraction of sp³-hybridized carbons (Fsp3) is 1.00. The summed E-state index contributed by atoms with van der Waals surface area (Å²) < 4.78 is 0. The minimum atomic E-state index is 0.829. The molecule has 2 aliphatic carbocycles. The largest absolute Gasteiger partial charge is 0.314 e. The Morgan fingerprint density at radius 2 is 1.65 bits per heavy atom. The first-order chi connectivity index (χ1) is 8.33. The summed E-state index contributed by atoms with van der Waals surface area (Å²) in [5.41, 5.74) is 0. The van der Waals surface area contributed by atoms with Gasteiger partial charge in [0.2, 0.25) is 0 Å². The topological polar surface area (TPSA) is 12.0 Å². The molecule has 0 aromatic carbocycles. The lowest BCUT2D eigenvalue weighted by Crippen LogP contribution is -2.43. The maximum absolute atomic E-state index is 3.85. The third-order valence-electron chi connectivity index (χ3n) is 5.24. The molecule has 0 heterocycles. The van der Waals surface area contributed by atoms with Crippen molar-refractivity contribution < 1.29 is 0 Å². The van der Waals surface area contributed by atoms with Crippen molar-refractivity contribution in [3.8, 4) is 0 Å². The minimum absolute atomic E-state index is 0.829. The molecule has 0 radical (unpaired) electrons. The molecule has 17 heavy (non-hydrogen) atoms. The number of hydrogen-bond acceptors (Lipinski definition) is 1. The van der Waals surface area contributed by atoms with Gasteiger partial charge in [-0.2, -0.15) is 0 Å². The van der Waals surface area contributed by atoms with Gasteiger partial charge >= 0.3 is 0 Å². The molecule has 100 valence electrons. The van der Waals surface area contributed by atoms with E-state index < -0.39 is 0 Å². The molecule has 0 bridgehead atoms. The molecule has 2 aliphatic rings. The van der Waals surface area contributed by atoms with E-state index in [2.05, 4.69) is 19.2 Å². The predicted octanol–water partition coefficient (Wildman–Crippen LogP) is 4.37. The van der Waals surface area contributed by atoms with Gasteiger partial charge in [-0.15, -0.1) is 0 Å². The Labute approximate surface area is 108 Å². The Morgan fingerprint density at radius 3 is 2.18 bits per heavy atom. The van der Waals surface area contributed by atoms with Crippen LogP contribution in [0.25, 0.3) is 0 Å². The van der Waals surface area contributed by atoms with Gasteiger partial charge in [0.15, 0.2) is 0 Å². The van der Waals surface area contributed by atoms with E-state index in [1.165, 1.54) is 57.8 Å². The Hall–Kier alpha value is -0.0400. The van der Waals surface area contributed by atoms with Gasteiger partial charge in [-0.05, 0) is 43.6 Å². The molecule has 2 rings (SSSR count). The maximum Gasteiger partial charge on any atom is 0.0126 e. The van der Waals surface area contributed by atoms with Gasteiger partial charge in [-0.1, -0.05) is 52.4 Å². The van der Waals surface area contributed by atoms with Gasteiger partial charge in [0.1, 0.15) is 0 Å². The highest BCUT2D eigenvalue weighted by Crippen LogP contribution is 2.39. The smallest absolute Gasteiger partial charge is 0.0126 e. The molecule has 1 N–H and O–H groups in total. The zero-order valence-corrected chi connectivity index (χ0v) is 11.9. The molecular formula is C16H31N. The van der Waals surface area contributed by atoms with E-state index in [0.29, 0.717) is 0 Å². The summed E-state index contributed by atoms with van der Waals surface area (Å²) in [5.74, 6) is 2.91. The van der Waals surface area contributed by atoms with Crippen molar-refractivity contribution in [2.75, 3.05) is 6.54 Å². The predicted molar refractivity (Wildman–Crippen MR) is 75.2 cm³/mol. The summed E-state index contributed by atoms with van der Waals surface area (Å²) in [7, 11) is 0. The summed E-state index contributed by atoms with van der Waals surface area (Å²) >= 11 is 0. The van der Waals surface area contributed by atoms with Crippen LogP contribution in [0, 0.1) is 17.8 Å². The lowest BCUT2D eigenvalue weighted by Gasteiger charge is -2.34. The molecule has 0 amide bonds. The number of nitrogens with one attached hydrogen (secondary N) is 1. The number of hydrogen-bond donors (Lipinski definition) is 1. The zero-order valence-electron chi connectivity index (χ0n) is 11.9. The first-order valence-corrected chi connectivity index (χ1v) is 8.06. The highest BCUT2D eigenvalue weighted by molar-refractivity contribution is 4.89. The van der Waals surface area contributed by atoms with Crippen molar-refractivity contribution in [1.29, 1.82) is 0 Å². The highest BCUT2D eigenvalue weighted by atomic mass is 14.9. The third kappa shape index (κ3) is 3.47. The molecule has 0 aromatic heterocycles. The quantitative estimate of drug-likeness (QED) is 0.716. The average Bonchev–Trinajstić information content (AvgIpc) is 2.60. The van der Waals surface area contributed by atoms with Crippen LogP contribution in [0.15, 0.2) is 0 Å². The van der Waals surface area contributed by atoms with Crippen LogP contribution in [0.2, 0.25) is 0 Å². The molecule has 3 unspecified atom stereocenters. The SMILES string of the molecule is CCNC(C1CCCCCC1)C1CCCC1C. The van der Waals surface area contributed by atoms with Crippen LogP contribution < -0.4 is 5.32 Å². The lowest BCUT2D eigenvalue weighted by atomic mass is 9.79. The monoisotopic (exact) mass is 237 g/mol. The van der Waals surface area contributed by atoms with Crippen molar-refractivity contribution >= 4 is 0 Å². The van der Waals surface area contributed by atoms with E-state index in [-0.39, 0.29) is 0 Å². The molecule has 0 spiro atoms. The molecule has 2 saturated carbocycles. The van der Waals surface area contributed by atoms with Crippen molar-refractivity contribution in [3.05, 3.63) is 0 Å². The van der Waals surface area contributed by atoms with E-state index >= 15 is 0 Å². The van der Waals surface area contributed by atoms with Gasteiger partial charge in [0, 0.05) is 6.04 Å². The molecule has 2 fully saturated rings. The Morgan fingerprint density at radius 1 is 0.941 bits per heavy atom. The first kappa shape index (κ1) is 13.4. The van der Waals surface area contributed by atoms with Gasteiger partial charge in [0.25, 0.3) is 0 Å². The summed E-state index contributed by atoms with van der Waals surface area (Å²) in [6, 6.07) is 0.829. The van der Waals surface area contributed by atoms with E-state index in [9.17, 15) is 0 Å². The van der Waals surface area contributed by atoms with Crippen LogP contribution in [-0.4, -0.2) is 12.6 Å². The van der Waals surface area contributed by atoms with E-state index in [1.807, 2.05) is 0 Å². The standard InChI is InChI=1S/C16H31N/c1-3-17-16(15-12-8-9-13(15)2)14-10-6-4-5-7-11-14/h13-17H,3-12H2,1-2H3. The Bertz CT molecular complexity index is 206. The van der Waals surface area contributed by atoms with Crippen LogP contribution in [0.3, 0.4) is 0 Å². The van der Waals surface area contributed by atoms with Crippen molar-refractivity contribution in [2.24, 2.45) is 17.8 Å². The fourth-order valence-electron chi connectivity index (χ4n) is 4.28. The molecule has 0 aromatic rings. The van der Waals surface area contributed by atoms with Gasteiger partial charge in [0.05, 0.1) is 0 Å². The Balaban J connectivity index is 1.98. The second-order valence-corrected chi connectivity index (χ2v) is 6.41. The van der Waals surface area contributed by atoms with Crippen molar-refractivity contribution in [2.45, 2.75) is 77.7 Å². The van der Waals surface area contributed by atoms with Crippen LogP contribution in [0.4, 0.5) is 0 Å². The summed E-state index contributed by atoms with van der Waals surface area (Å²) in [4.78, 5) is 0. The second kappa shape index (κ2) is 6.78. The van der Waals surface area contributed by atoms with Crippen LogP contribution in [-0.2, 0) is 0 Å².